The molecule has 1 heterocycles. The zero-order chi connectivity index (χ0) is 14.5. The van der Waals surface area contributed by atoms with E-state index in [-0.39, 0.29) is 0 Å². The van der Waals surface area contributed by atoms with Crippen LogP contribution < -0.4 is 10.2 Å². The molecular weight excluding hydrogens is 270 g/mol. The topological polar surface area (TPSA) is 18.5 Å². The van der Waals surface area contributed by atoms with Gasteiger partial charge in [-0.25, -0.2) is 0 Å². The lowest BCUT2D eigenvalue weighted by Crippen LogP contribution is -2.46. The van der Waals surface area contributed by atoms with Gasteiger partial charge in [0.15, 0.2) is 0 Å². The van der Waals surface area contributed by atoms with Crippen LogP contribution in [0, 0.1) is 0 Å². The zero-order valence-corrected chi connectivity index (χ0v) is 13.6. The van der Waals surface area contributed by atoms with Crippen molar-refractivity contribution in [1.29, 1.82) is 0 Å². The molecule has 0 spiro atoms. The van der Waals surface area contributed by atoms with Gasteiger partial charge in [-0.05, 0) is 24.2 Å². The Morgan fingerprint density at radius 2 is 1.90 bits per heavy atom. The Morgan fingerprint density at radius 1 is 1.20 bits per heavy atom. The molecular formula is C16H26ClN3. The summed E-state index contributed by atoms with van der Waals surface area (Å²) in [6, 6.07) is 6.94. The van der Waals surface area contributed by atoms with Crippen LogP contribution >= 0.6 is 11.6 Å². The summed E-state index contributed by atoms with van der Waals surface area (Å²) >= 11 is 6.41. The van der Waals surface area contributed by atoms with E-state index in [9.17, 15) is 0 Å². The first-order chi connectivity index (χ1) is 9.60. The van der Waals surface area contributed by atoms with Gasteiger partial charge >= 0.3 is 0 Å². The molecule has 4 heteroatoms. The zero-order valence-electron chi connectivity index (χ0n) is 12.8. The van der Waals surface area contributed by atoms with Crippen molar-refractivity contribution in [2.45, 2.75) is 33.4 Å². The maximum atomic E-state index is 6.41. The molecule has 0 aliphatic carbocycles. The Hall–Kier alpha value is -0.770. The number of hydrogen-bond donors (Lipinski definition) is 1. The highest BCUT2D eigenvalue weighted by molar-refractivity contribution is 6.31. The second-order valence-electron chi connectivity index (χ2n) is 5.73. The molecule has 0 amide bonds. The minimum absolute atomic E-state index is 0.480. The number of rotatable bonds is 5. The van der Waals surface area contributed by atoms with E-state index in [4.69, 9.17) is 11.6 Å². The van der Waals surface area contributed by atoms with Gasteiger partial charge in [0, 0.05) is 49.5 Å². The third-order valence-electron chi connectivity index (χ3n) is 3.92. The normalized spacial score (nSPS) is 16.9. The number of likely N-dealkylation sites (N-methyl/N-ethyl adjacent to an activating group) is 1. The standard InChI is InChI=1S/C16H26ClN3/c1-4-19-7-9-20(10-8-19)15-6-5-14(16(17)11-15)12-18-13(2)3/h5-6,11,13,18H,4,7-10,12H2,1-3H3. The van der Waals surface area contributed by atoms with Gasteiger partial charge in [-0.1, -0.05) is 38.4 Å². The average molecular weight is 296 g/mol. The molecule has 0 unspecified atom stereocenters. The molecule has 1 N–H and O–H groups in total. The molecule has 112 valence electrons. The fourth-order valence-electron chi connectivity index (χ4n) is 2.51. The predicted molar refractivity (Wildman–Crippen MR) is 87.8 cm³/mol. The molecule has 3 nitrogen and oxygen atoms in total. The molecule has 0 atom stereocenters. The fourth-order valence-corrected chi connectivity index (χ4v) is 2.75. The SMILES string of the molecule is CCN1CCN(c2ccc(CNC(C)C)c(Cl)c2)CC1. The average Bonchev–Trinajstić information content (AvgIpc) is 2.46. The van der Waals surface area contributed by atoms with Crippen LogP contribution in [0.5, 0.6) is 0 Å². The van der Waals surface area contributed by atoms with Gasteiger partial charge in [-0.3, -0.25) is 0 Å². The highest BCUT2D eigenvalue weighted by Crippen LogP contribution is 2.24. The second-order valence-corrected chi connectivity index (χ2v) is 6.14. The van der Waals surface area contributed by atoms with Gasteiger partial charge < -0.3 is 15.1 Å². The van der Waals surface area contributed by atoms with E-state index in [0.717, 1.165) is 44.3 Å². The van der Waals surface area contributed by atoms with Gasteiger partial charge in [-0.15, -0.1) is 0 Å². The van der Waals surface area contributed by atoms with Crippen LogP contribution in [-0.2, 0) is 6.54 Å². The summed E-state index contributed by atoms with van der Waals surface area (Å²) in [5.41, 5.74) is 2.43. The fraction of sp³-hybridized carbons (Fsp3) is 0.625. The number of anilines is 1. The molecule has 20 heavy (non-hydrogen) atoms. The van der Waals surface area contributed by atoms with Crippen LogP contribution in [0.2, 0.25) is 5.02 Å². The van der Waals surface area contributed by atoms with Crippen LogP contribution in [0.15, 0.2) is 18.2 Å². The lowest BCUT2D eigenvalue weighted by Gasteiger charge is -2.35. The van der Waals surface area contributed by atoms with Gasteiger partial charge in [0.2, 0.25) is 0 Å². The van der Waals surface area contributed by atoms with E-state index < -0.39 is 0 Å². The summed E-state index contributed by atoms with van der Waals surface area (Å²) < 4.78 is 0. The maximum Gasteiger partial charge on any atom is 0.0471 e. The molecule has 2 rings (SSSR count). The van der Waals surface area contributed by atoms with Crippen molar-refractivity contribution in [2.75, 3.05) is 37.6 Å². The monoisotopic (exact) mass is 295 g/mol. The summed E-state index contributed by atoms with van der Waals surface area (Å²) in [5, 5.41) is 4.28. The Balaban J connectivity index is 1.98. The minimum Gasteiger partial charge on any atom is -0.369 e. The van der Waals surface area contributed by atoms with Crippen molar-refractivity contribution in [3.63, 3.8) is 0 Å². The highest BCUT2D eigenvalue weighted by Gasteiger charge is 2.16. The third kappa shape index (κ3) is 4.11. The lowest BCUT2D eigenvalue weighted by atomic mass is 10.1. The molecule has 1 aliphatic rings. The first-order valence-electron chi connectivity index (χ1n) is 7.59. The number of piperazine rings is 1. The van der Waals surface area contributed by atoms with Gasteiger partial charge in [0.1, 0.15) is 0 Å². The maximum absolute atomic E-state index is 6.41. The molecule has 1 aromatic carbocycles. The van der Waals surface area contributed by atoms with Crippen molar-refractivity contribution in [3.05, 3.63) is 28.8 Å². The van der Waals surface area contributed by atoms with Crippen molar-refractivity contribution < 1.29 is 0 Å². The van der Waals surface area contributed by atoms with Crippen LogP contribution in [0.4, 0.5) is 5.69 Å². The Morgan fingerprint density at radius 3 is 2.45 bits per heavy atom. The van der Waals surface area contributed by atoms with Gasteiger partial charge in [0.05, 0.1) is 0 Å². The van der Waals surface area contributed by atoms with Crippen LogP contribution in [0.25, 0.3) is 0 Å². The summed E-state index contributed by atoms with van der Waals surface area (Å²) in [4.78, 5) is 4.91. The molecule has 1 saturated heterocycles. The summed E-state index contributed by atoms with van der Waals surface area (Å²) in [7, 11) is 0. The van der Waals surface area contributed by atoms with Crippen molar-refractivity contribution >= 4 is 17.3 Å². The number of halogens is 1. The third-order valence-corrected chi connectivity index (χ3v) is 4.27. The molecule has 0 aromatic heterocycles. The molecule has 1 aromatic rings. The Kier molecular flexibility index (Phi) is 5.70. The van der Waals surface area contributed by atoms with Crippen LogP contribution in [0.1, 0.15) is 26.3 Å². The largest absolute Gasteiger partial charge is 0.369 e. The van der Waals surface area contributed by atoms with Crippen LogP contribution in [-0.4, -0.2) is 43.7 Å². The van der Waals surface area contributed by atoms with Crippen molar-refractivity contribution in [3.8, 4) is 0 Å². The number of benzene rings is 1. The Bertz CT molecular complexity index is 426. The van der Waals surface area contributed by atoms with E-state index >= 15 is 0 Å². The molecule has 0 radical (unpaired) electrons. The number of hydrogen-bond acceptors (Lipinski definition) is 3. The van der Waals surface area contributed by atoms with Crippen molar-refractivity contribution in [1.82, 2.24) is 10.2 Å². The lowest BCUT2D eigenvalue weighted by molar-refractivity contribution is 0.271. The number of nitrogens with one attached hydrogen (secondary N) is 1. The smallest absolute Gasteiger partial charge is 0.0471 e. The minimum atomic E-state index is 0.480. The van der Waals surface area contributed by atoms with Gasteiger partial charge in [-0.2, -0.15) is 0 Å². The molecule has 1 fully saturated rings. The molecule has 0 saturated carbocycles. The highest BCUT2D eigenvalue weighted by atomic mass is 35.5. The summed E-state index contributed by atoms with van der Waals surface area (Å²) in [6.45, 7) is 13.0. The Labute approximate surface area is 127 Å². The summed E-state index contributed by atoms with van der Waals surface area (Å²) in [6.07, 6.45) is 0. The first-order valence-corrected chi connectivity index (χ1v) is 7.97. The van der Waals surface area contributed by atoms with Gasteiger partial charge in [0.25, 0.3) is 0 Å². The van der Waals surface area contributed by atoms with E-state index in [1.807, 2.05) is 0 Å². The molecule has 0 bridgehead atoms. The molecule has 1 aliphatic heterocycles. The van der Waals surface area contributed by atoms with Crippen molar-refractivity contribution in [2.24, 2.45) is 0 Å². The van der Waals surface area contributed by atoms with E-state index in [0.29, 0.717) is 6.04 Å². The first kappa shape index (κ1) is 15.6. The quantitative estimate of drug-likeness (QED) is 0.901. The summed E-state index contributed by atoms with van der Waals surface area (Å²) in [5.74, 6) is 0. The van der Waals surface area contributed by atoms with E-state index in [2.05, 4.69) is 54.1 Å². The second kappa shape index (κ2) is 7.30. The van der Waals surface area contributed by atoms with E-state index in [1.54, 1.807) is 0 Å². The van der Waals surface area contributed by atoms with E-state index in [1.165, 1.54) is 11.3 Å². The van der Waals surface area contributed by atoms with Crippen LogP contribution in [0.3, 0.4) is 0 Å². The predicted octanol–water partition coefficient (Wildman–Crippen LogP) is 2.98. The number of nitrogens with zero attached hydrogens (tertiary/aromatic N) is 2.